The third-order valence-corrected chi connectivity index (χ3v) is 5.15. The van der Waals surface area contributed by atoms with Crippen LogP contribution in [0.4, 0.5) is 0 Å². The zero-order valence-corrected chi connectivity index (χ0v) is 19.9. The van der Waals surface area contributed by atoms with Gasteiger partial charge in [0, 0.05) is 6.07 Å². The lowest BCUT2D eigenvalue weighted by molar-refractivity contribution is 0.0934. The summed E-state index contributed by atoms with van der Waals surface area (Å²) >= 11 is 0. The molecule has 0 fully saturated rings. The Kier molecular flexibility index (Phi) is 8.29. The minimum absolute atomic E-state index is 0.261. The van der Waals surface area contributed by atoms with Crippen LogP contribution in [0.25, 0.3) is 5.69 Å². The van der Waals surface area contributed by atoms with Crippen LogP contribution in [-0.4, -0.2) is 41.2 Å². The first kappa shape index (κ1) is 24.1. The second-order valence-electron chi connectivity index (χ2n) is 7.73. The Morgan fingerprint density at radius 3 is 2.48 bits per heavy atom. The fraction of sp³-hybridized carbons (Fsp3) is 0.400. The maximum atomic E-state index is 13.0. The molecule has 0 bridgehead atoms. The van der Waals surface area contributed by atoms with Crippen LogP contribution < -0.4 is 19.5 Å². The summed E-state index contributed by atoms with van der Waals surface area (Å²) in [5.74, 6) is 1.81. The Morgan fingerprint density at radius 1 is 1.06 bits per heavy atom. The molecule has 33 heavy (non-hydrogen) atoms. The van der Waals surface area contributed by atoms with Gasteiger partial charge in [-0.25, -0.2) is 4.68 Å². The van der Waals surface area contributed by atoms with Crippen LogP contribution in [0.15, 0.2) is 42.5 Å². The third-order valence-electron chi connectivity index (χ3n) is 5.15. The highest BCUT2D eigenvalue weighted by Gasteiger charge is 2.20. The van der Waals surface area contributed by atoms with Crippen molar-refractivity contribution in [1.82, 2.24) is 20.3 Å². The highest BCUT2D eigenvalue weighted by molar-refractivity contribution is 5.93. The van der Waals surface area contributed by atoms with Gasteiger partial charge < -0.3 is 19.5 Å². The van der Waals surface area contributed by atoms with Gasteiger partial charge in [0.1, 0.15) is 5.75 Å². The number of benzene rings is 2. The van der Waals surface area contributed by atoms with Crippen molar-refractivity contribution in [3.63, 3.8) is 0 Å². The lowest BCUT2D eigenvalue weighted by Crippen LogP contribution is -2.27. The summed E-state index contributed by atoms with van der Waals surface area (Å²) in [4.78, 5) is 13.0. The average Bonchev–Trinajstić information content (AvgIpc) is 3.22. The van der Waals surface area contributed by atoms with Crippen molar-refractivity contribution in [2.24, 2.45) is 0 Å². The Morgan fingerprint density at radius 2 is 1.79 bits per heavy atom. The molecule has 0 aliphatic heterocycles. The summed E-state index contributed by atoms with van der Waals surface area (Å²) in [5, 5.41) is 11.3. The number of hydrogen-bond acceptors (Lipinski definition) is 6. The molecular weight excluding hydrogens is 420 g/mol. The van der Waals surface area contributed by atoms with Crippen molar-refractivity contribution in [1.29, 1.82) is 0 Å². The molecule has 1 N–H and O–H groups in total. The van der Waals surface area contributed by atoms with Crippen LogP contribution in [0, 0.1) is 6.92 Å². The van der Waals surface area contributed by atoms with Gasteiger partial charge in [-0.15, -0.1) is 5.10 Å². The van der Waals surface area contributed by atoms with Crippen LogP contribution >= 0.6 is 0 Å². The maximum Gasteiger partial charge on any atom is 0.274 e. The largest absolute Gasteiger partial charge is 0.497 e. The second kappa shape index (κ2) is 11.4. The lowest BCUT2D eigenvalue weighted by Gasteiger charge is -2.18. The van der Waals surface area contributed by atoms with Crippen LogP contribution in [0.5, 0.6) is 17.2 Å². The van der Waals surface area contributed by atoms with E-state index in [0.717, 1.165) is 24.1 Å². The number of nitrogens with zero attached hydrogens (tertiary/aromatic N) is 3. The first-order valence-corrected chi connectivity index (χ1v) is 11.3. The van der Waals surface area contributed by atoms with E-state index >= 15 is 0 Å². The Balaban J connectivity index is 1.77. The smallest absolute Gasteiger partial charge is 0.274 e. The van der Waals surface area contributed by atoms with Crippen molar-refractivity contribution >= 4 is 5.91 Å². The molecule has 0 saturated heterocycles. The van der Waals surface area contributed by atoms with Gasteiger partial charge in [0.05, 0.1) is 37.7 Å². The van der Waals surface area contributed by atoms with Gasteiger partial charge in [-0.1, -0.05) is 31.2 Å². The minimum atomic E-state index is -0.295. The number of methoxy groups -OCH3 is 1. The molecule has 0 radical (unpaired) electrons. The van der Waals surface area contributed by atoms with Crippen LogP contribution in [0.3, 0.4) is 0 Å². The molecule has 1 atom stereocenters. The van der Waals surface area contributed by atoms with Crippen LogP contribution in [0.1, 0.15) is 61.4 Å². The summed E-state index contributed by atoms with van der Waals surface area (Å²) in [7, 11) is 1.61. The summed E-state index contributed by atoms with van der Waals surface area (Å²) in [5.41, 5.74) is 2.60. The second-order valence-corrected chi connectivity index (χ2v) is 7.73. The normalized spacial score (nSPS) is 11.7. The number of aromatic nitrogens is 3. The lowest BCUT2D eigenvalue weighted by atomic mass is 10.1. The van der Waals surface area contributed by atoms with Crippen molar-refractivity contribution in [3.8, 4) is 22.9 Å². The molecule has 1 unspecified atom stereocenters. The van der Waals surface area contributed by atoms with Crippen molar-refractivity contribution in [2.75, 3.05) is 20.3 Å². The molecule has 3 aromatic rings. The quantitative estimate of drug-likeness (QED) is 0.456. The van der Waals surface area contributed by atoms with Gasteiger partial charge in [-0.2, -0.15) is 0 Å². The molecule has 8 nitrogen and oxygen atoms in total. The summed E-state index contributed by atoms with van der Waals surface area (Å²) < 4.78 is 18.6. The number of ether oxygens (including phenoxy) is 3. The zero-order valence-electron chi connectivity index (χ0n) is 19.9. The van der Waals surface area contributed by atoms with E-state index in [2.05, 4.69) is 29.5 Å². The average molecular weight is 453 g/mol. The molecule has 1 heterocycles. The molecule has 0 spiro atoms. The van der Waals surface area contributed by atoms with Gasteiger partial charge >= 0.3 is 0 Å². The number of nitrogens with one attached hydrogen (secondary N) is 1. The van der Waals surface area contributed by atoms with E-state index in [9.17, 15) is 4.79 Å². The fourth-order valence-corrected chi connectivity index (χ4v) is 3.32. The molecule has 0 aliphatic rings. The molecule has 1 amide bonds. The summed E-state index contributed by atoms with van der Waals surface area (Å²) in [6.07, 6.45) is 1.81. The van der Waals surface area contributed by atoms with Crippen molar-refractivity contribution in [2.45, 2.75) is 46.6 Å². The van der Waals surface area contributed by atoms with E-state index < -0.39 is 0 Å². The Hall–Kier alpha value is -3.55. The maximum absolute atomic E-state index is 13.0. The first-order chi connectivity index (χ1) is 16.0. The SMILES string of the molecule is CCCOc1ccc(C(C)NC(=O)c2nnn(-c3cccc(OC)c3)c2C)cc1OCCC. The fourth-order valence-electron chi connectivity index (χ4n) is 3.32. The zero-order chi connectivity index (χ0) is 23.8. The Labute approximate surface area is 194 Å². The van der Waals surface area contributed by atoms with Crippen LogP contribution in [0.2, 0.25) is 0 Å². The number of amides is 1. The van der Waals surface area contributed by atoms with E-state index in [0.29, 0.717) is 36.2 Å². The van der Waals surface area contributed by atoms with Gasteiger partial charge in [0.2, 0.25) is 0 Å². The topological polar surface area (TPSA) is 87.5 Å². The van der Waals surface area contributed by atoms with Crippen molar-refractivity contribution < 1.29 is 19.0 Å². The molecule has 0 saturated carbocycles. The third kappa shape index (κ3) is 5.83. The summed E-state index contributed by atoms with van der Waals surface area (Å²) in [6.45, 7) is 9.07. The number of rotatable bonds is 11. The number of hydrogen-bond donors (Lipinski definition) is 1. The van der Waals surface area contributed by atoms with Gasteiger partial charge in [-0.05, 0) is 56.5 Å². The standard InChI is InChI=1S/C25H32N4O4/c1-6-13-32-22-12-11-19(15-23(22)33-14-7-2)17(3)26-25(30)24-18(4)29(28-27-24)20-9-8-10-21(16-20)31-5/h8-12,15-17H,6-7,13-14H2,1-5H3,(H,26,30). The minimum Gasteiger partial charge on any atom is -0.497 e. The number of carbonyl (C=O) groups is 1. The van der Waals surface area contributed by atoms with Gasteiger partial charge in [0.15, 0.2) is 17.2 Å². The predicted octanol–water partition coefficient (Wildman–Crippen LogP) is 4.65. The summed E-state index contributed by atoms with van der Waals surface area (Å²) in [6, 6.07) is 12.9. The van der Waals surface area contributed by atoms with Crippen LogP contribution in [-0.2, 0) is 0 Å². The molecule has 2 aromatic carbocycles. The highest BCUT2D eigenvalue weighted by Crippen LogP contribution is 2.31. The first-order valence-electron chi connectivity index (χ1n) is 11.3. The molecule has 176 valence electrons. The van der Waals surface area contributed by atoms with E-state index in [1.165, 1.54) is 0 Å². The molecule has 0 aliphatic carbocycles. The van der Waals surface area contributed by atoms with E-state index in [4.69, 9.17) is 14.2 Å². The van der Waals surface area contributed by atoms with Gasteiger partial charge in [-0.3, -0.25) is 4.79 Å². The highest BCUT2D eigenvalue weighted by atomic mass is 16.5. The predicted molar refractivity (Wildman–Crippen MR) is 127 cm³/mol. The monoisotopic (exact) mass is 452 g/mol. The van der Waals surface area contributed by atoms with Crippen molar-refractivity contribution in [3.05, 3.63) is 59.4 Å². The molecule has 8 heteroatoms. The molecular formula is C25H32N4O4. The van der Waals surface area contributed by atoms with Gasteiger partial charge in [0.25, 0.3) is 5.91 Å². The number of carbonyl (C=O) groups excluding carboxylic acids is 1. The Bertz CT molecular complexity index is 1080. The molecule has 3 rings (SSSR count). The molecule has 1 aromatic heterocycles. The van der Waals surface area contributed by atoms with E-state index in [-0.39, 0.29) is 17.6 Å². The van der Waals surface area contributed by atoms with E-state index in [1.54, 1.807) is 11.8 Å². The van der Waals surface area contributed by atoms with E-state index in [1.807, 2.05) is 56.3 Å².